The van der Waals surface area contributed by atoms with Crippen molar-refractivity contribution in [2.75, 3.05) is 4.90 Å². The maximum Gasteiger partial charge on any atom is 0.0640 e. The molecule has 0 N–H and O–H groups in total. The standard InChI is InChI=1S/C52H33NS2/c1-3-15-34(16-4-1)36-31-37(40-23-13-24-45-43-21-9-11-27-49(43)54-51(40)45)33-38(32-36)53(48-26-14-25-46-44-22-10-12-28-50(44)55-52(46)48)47-30-29-39(35-17-5-2-6-18-35)41-19-7-8-20-42(41)47/h1-33H. The van der Waals surface area contributed by atoms with E-state index in [0.717, 1.165) is 11.4 Å². The van der Waals surface area contributed by atoms with Gasteiger partial charge in [0, 0.05) is 46.7 Å². The summed E-state index contributed by atoms with van der Waals surface area (Å²) >= 11 is 3.76. The van der Waals surface area contributed by atoms with Crippen molar-refractivity contribution >= 4 is 90.9 Å². The first-order valence-corrected chi connectivity index (χ1v) is 20.3. The fraction of sp³-hybridized carbons (Fsp3) is 0. The zero-order valence-electron chi connectivity index (χ0n) is 29.8. The highest BCUT2D eigenvalue weighted by atomic mass is 32.1. The van der Waals surface area contributed by atoms with Gasteiger partial charge in [-0.2, -0.15) is 0 Å². The molecular formula is C52H33NS2. The number of fused-ring (bicyclic) bond motifs is 7. The summed E-state index contributed by atoms with van der Waals surface area (Å²) in [4.78, 5) is 2.52. The second kappa shape index (κ2) is 13.1. The fourth-order valence-corrected chi connectivity index (χ4v) is 10.8. The molecule has 0 bridgehead atoms. The highest BCUT2D eigenvalue weighted by Crippen LogP contribution is 2.49. The van der Waals surface area contributed by atoms with Crippen LogP contribution in [0.15, 0.2) is 200 Å². The average molecular weight is 736 g/mol. The van der Waals surface area contributed by atoms with Gasteiger partial charge in [-0.15, -0.1) is 22.7 Å². The van der Waals surface area contributed by atoms with E-state index in [1.165, 1.54) is 90.2 Å². The van der Waals surface area contributed by atoms with Gasteiger partial charge < -0.3 is 4.90 Å². The van der Waals surface area contributed by atoms with Crippen LogP contribution in [0.4, 0.5) is 17.1 Å². The number of benzene rings is 9. The molecule has 9 aromatic carbocycles. The lowest BCUT2D eigenvalue weighted by atomic mass is 9.94. The SMILES string of the molecule is c1ccc(-c2cc(-c3cccc4c3sc3ccccc34)cc(N(c3ccc(-c4ccccc4)c4ccccc34)c3cccc4c3sc3ccccc34)c2)cc1. The van der Waals surface area contributed by atoms with Gasteiger partial charge in [0.1, 0.15) is 0 Å². The van der Waals surface area contributed by atoms with Crippen molar-refractivity contribution < 1.29 is 0 Å². The van der Waals surface area contributed by atoms with Crippen molar-refractivity contribution in [3.05, 3.63) is 200 Å². The van der Waals surface area contributed by atoms with Crippen LogP contribution in [0.25, 0.3) is 84.5 Å². The minimum Gasteiger partial charge on any atom is -0.308 e. The van der Waals surface area contributed by atoms with Gasteiger partial charge in [-0.05, 0) is 81.2 Å². The van der Waals surface area contributed by atoms with Crippen molar-refractivity contribution in [3.8, 4) is 33.4 Å². The lowest BCUT2D eigenvalue weighted by Gasteiger charge is -2.29. The highest BCUT2D eigenvalue weighted by molar-refractivity contribution is 7.26. The molecular weight excluding hydrogens is 703 g/mol. The number of hydrogen-bond donors (Lipinski definition) is 0. The molecule has 0 saturated carbocycles. The van der Waals surface area contributed by atoms with Crippen molar-refractivity contribution in [2.24, 2.45) is 0 Å². The van der Waals surface area contributed by atoms with E-state index < -0.39 is 0 Å². The highest BCUT2D eigenvalue weighted by Gasteiger charge is 2.23. The predicted octanol–water partition coefficient (Wildman–Crippen LogP) is 16.0. The Morgan fingerprint density at radius 1 is 0.291 bits per heavy atom. The molecule has 0 amide bonds. The summed E-state index contributed by atoms with van der Waals surface area (Å²) in [5.41, 5.74) is 10.7. The van der Waals surface area contributed by atoms with E-state index in [9.17, 15) is 0 Å². The van der Waals surface area contributed by atoms with E-state index in [1.54, 1.807) is 0 Å². The Morgan fingerprint density at radius 3 is 1.56 bits per heavy atom. The van der Waals surface area contributed by atoms with Gasteiger partial charge in [-0.3, -0.25) is 0 Å². The molecule has 55 heavy (non-hydrogen) atoms. The predicted molar refractivity (Wildman–Crippen MR) is 241 cm³/mol. The first kappa shape index (κ1) is 32.0. The number of thiophene rings is 2. The van der Waals surface area contributed by atoms with Crippen molar-refractivity contribution in [1.82, 2.24) is 0 Å². The molecule has 0 fully saturated rings. The van der Waals surface area contributed by atoms with Crippen LogP contribution in [0.1, 0.15) is 0 Å². The van der Waals surface area contributed by atoms with Crippen LogP contribution in [-0.2, 0) is 0 Å². The molecule has 3 heteroatoms. The molecule has 2 heterocycles. The Morgan fingerprint density at radius 2 is 0.836 bits per heavy atom. The summed E-state index contributed by atoms with van der Waals surface area (Å²) in [5, 5.41) is 7.63. The molecule has 0 unspecified atom stereocenters. The van der Waals surface area contributed by atoms with Crippen LogP contribution in [0.5, 0.6) is 0 Å². The summed E-state index contributed by atoms with van der Waals surface area (Å²) in [7, 11) is 0. The molecule has 11 rings (SSSR count). The maximum atomic E-state index is 2.52. The monoisotopic (exact) mass is 735 g/mol. The Hall–Kier alpha value is -6.52. The topological polar surface area (TPSA) is 3.24 Å². The molecule has 0 aliphatic carbocycles. The lowest BCUT2D eigenvalue weighted by molar-refractivity contribution is 1.32. The number of anilines is 3. The molecule has 258 valence electrons. The first-order chi connectivity index (χ1) is 27.3. The van der Waals surface area contributed by atoms with E-state index >= 15 is 0 Å². The zero-order chi connectivity index (χ0) is 36.3. The van der Waals surface area contributed by atoms with Gasteiger partial charge in [-0.1, -0.05) is 158 Å². The number of rotatable bonds is 6. The second-order valence-electron chi connectivity index (χ2n) is 14.0. The van der Waals surface area contributed by atoms with Crippen molar-refractivity contribution in [1.29, 1.82) is 0 Å². The van der Waals surface area contributed by atoms with Gasteiger partial charge in [0.15, 0.2) is 0 Å². The number of nitrogens with zero attached hydrogens (tertiary/aromatic N) is 1. The van der Waals surface area contributed by atoms with E-state index in [-0.39, 0.29) is 0 Å². The van der Waals surface area contributed by atoms with E-state index in [4.69, 9.17) is 0 Å². The van der Waals surface area contributed by atoms with Gasteiger partial charge in [-0.25, -0.2) is 0 Å². The van der Waals surface area contributed by atoms with Crippen LogP contribution < -0.4 is 4.90 Å². The molecule has 0 aliphatic heterocycles. The third-order valence-electron chi connectivity index (χ3n) is 10.8. The molecule has 0 atom stereocenters. The molecule has 0 saturated heterocycles. The van der Waals surface area contributed by atoms with E-state index in [1.807, 2.05) is 22.7 Å². The first-order valence-electron chi connectivity index (χ1n) is 18.7. The quantitative estimate of drug-likeness (QED) is 0.164. The van der Waals surface area contributed by atoms with Crippen LogP contribution in [0, 0.1) is 0 Å². The van der Waals surface area contributed by atoms with Gasteiger partial charge in [0.05, 0.1) is 16.1 Å². The Kier molecular flexibility index (Phi) is 7.61. The largest absolute Gasteiger partial charge is 0.308 e. The summed E-state index contributed by atoms with van der Waals surface area (Å²) in [6.45, 7) is 0. The molecule has 2 aromatic heterocycles. The third-order valence-corrected chi connectivity index (χ3v) is 13.3. The molecule has 0 radical (unpaired) electrons. The smallest absolute Gasteiger partial charge is 0.0640 e. The summed E-state index contributed by atoms with van der Waals surface area (Å²) < 4.78 is 5.20. The van der Waals surface area contributed by atoms with E-state index in [2.05, 4.69) is 205 Å². The third kappa shape index (κ3) is 5.35. The summed E-state index contributed by atoms with van der Waals surface area (Å²) in [6.07, 6.45) is 0. The molecule has 11 aromatic rings. The van der Waals surface area contributed by atoms with Gasteiger partial charge in [0.25, 0.3) is 0 Å². The Balaban J connectivity index is 1.23. The normalized spacial score (nSPS) is 11.6. The van der Waals surface area contributed by atoms with Crippen molar-refractivity contribution in [3.63, 3.8) is 0 Å². The Bertz CT molecular complexity index is 3210. The van der Waals surface area contributed by atoms with Crippen LogP contribution >= 0.6 is 22.7 Å². The summed E-state index contributed by atoms with van der Waals surface area (Å²) in [5.74, 6) is 0. The molecule has 0 aliphatic rings. The Labute approximate surface area is 327 Å². The van der Waals surface area contributed by atoms with Gasteiger partial charge in [0.2, 0.25) is 0 Å². The minimum atomic E-state index is 1.12. The van der Waals surface area contributed by atoms with Gasteiger partial charge >= 0.3 is 0 Å². The maximum absolute atomic E-state index is 2.52. The molecule has 0 spiro atoms. The average Bonchev–Trinajstić information content (AvgIpc) is 3.84. The number of hydrogen-bond acceptors (Lipinski definition) is 3. The summed E-state index contributed by atoms with van der Waals surface area (Å²) in [6, 6.07) is 73.5. The lowest BCUT2D eigenvalue weighted by Crippen LogP contribution is -2.11. The zero-order valence-corrected chi connectivity index (χ0v) is 31.4. The van der Waals surface area contributed by atoms with Crippen LogP contribution in [-0.4, -0.2) is 0 Å². The second-order valence-corrected chi connectivity index (χ2v) is 16.2. The van der Waals surface area contributed by atoms with Crippen LogP contribution in [0.3, 0.4) is 0 Å². The van der Waals surface area contributed by atoms with Crippen LogP contribution in [0.2, 0.25) is 0 Å². The minimum absolute atomic E-state index is 1.12. The van der Waals surface area contributed by atoms with E-state index in [0.29, 0.717) is 0 Å². The molecule has 1 nitrogen and oxygen atoms in total. The fourth-order valence-electron chi connectivity index (χ4n) is 8.33. The van der Waals surface area contributed by atoms with Crippen molar-refractivity contribution in [2.45, 2.75) is 0 Å².